The third-order valence-corrected chi connectivity index (χ3v) is 8.49. The topological polar surface area (TPSA) is 75.9 Å². The Labute approximate surface area is 206 Å². The molecule has 9 heteroatoms. The second-order valence-electron chi connectivity index (χ2n) is 8.70. The average Bonchev–Trinajstić information content (AvgIpc) is 3.16. The largest absolute Gasteiger partial charge is 0.368 e. The van der Waals surface area contributed by atoms with Crippen molar-refractivity contribution >= 4 is 21.6 Å². The van der Waals surface area contributed by atoms with Gasteiger partial charge in [0.25, 0.3) is 0 Å². The van der Waals surface area contributed by atoms with E-state index >= 15 is 0 Å². The maximum atomic E-state index is 13.1. The highest BCUT2D eigenvalue weighted by molar-refractivity contribution is 7.89. The van der Waals surface area contributed by atoms with E-state index < -0.39 is 10.0 Å². The van der Waals surface area contributed by atoms with Crippen molar-refractivity contribution in [1.82, 2.24) is 14.4 Å². The fourth-order valence-corrected chi connectivity index (χ4v) is 6.13. The van der Waals surface area contributed by atoms with E-state index in [0.29, 0.717) is 55.8 Å². The van der Waals surface area contributed by atoms with Crippen molar-refractivity contribution in [2.24, 2.45) is 0 Å². The number of halogens is 1. The number of benzene rings is 2. The standard InChI is InChI=1S/C25H30ClN3O4S/c1-18-5-4-6-21(15-18)17-32-24(22-7-9-23(26)10-8-22)16-28-11-13-29(14-12-28)34(30,31)25-19(2)27-33-20(25)3/h4-10,15,24H,11-14,16-17H2,1-3H3/t24-/m0/s1. The van der Waals surface area contributed by atoms with Gasteiger partial charge in [0.05, 0.1) is 12.7 Å². The zero-order valence-corrected chi connectivity index (χ0v) is 21.3. The molecule has 0 aliphatic carbocycles. The summed E-state index contributed by atoms with van der Waals surface area (Å²) in [5.74, 6) is 0.326. The van der Waals surface area contributed by atoms with E-state index in [1.807, 2.05) is 30.3 Å². The summed E-state index contributed by atoms with van der Waals surface area (Å²) < 4.78 is 39.2. The van der Waals surface area contributed by atoms with Gasteiger partial charge in [-0.1, -0.05) is 58.7 Å². The van der Waals surface area contributed by atoms with E-state index in [4.69, 9.17) is 20.9 Å². The molecular weight excluding hydrogens is 474 g/mol. The van der Waals surface area contributed by atoms with E-state index in [1.165, 1.54) is 9.87 Å². The fourth-order valence-electron chi connectivity index (χ4n) is 4.29. The molecule has 3 aromatic rings. The third kappa shape index (κ3) is 5.70. The van der Waals surface area contributed by atoms with Crippen LogP contribution >= 0.6 is 11.6 Å². The number of piperazine rings is 1. The second kappa shape index (κ2) is 10.6. The molecule has 4 rings (SSSR count). The molecule has 0 amide bonds. The molecular formula is C25H30ClN3O4S. The number of aromatic nitrogens is 1. The van der Waals surface area contributed by atoms with Crippen LogP contribution in [-0.2, 0) is 21.4 Å². The lowest BCUT2D eigenvalue weighted by Crippen LogP contribution is -2.49. The minimum atomic E-state index is -3.63. The number of nitrogens with zero attached hydrogens (tertiary/aromatic N) is 3. The molecule has 1 atom stereocenters. The molecule has 1 aromatic heterocycles. The molecule has 1 saturated heterocycles. The maximum absolute atomic E-state index is 13.1. The van der Waals surface area contributed by atoms with Crippen LogP contribution in [0.5, 0.6) is 0 Å². The predicted molar refractivity (Wildman–Crippen MR) is 131 cm³/mol. The lowest BCUT2D eigenvalue weighted by molar-refractivity contribution is 0.00771. The van der Waals surface area contributed by atoms with Crippen LogP contribution in [0.4, 0.5) is 0 Å². The summed E-state index contributed by atoms with van der Waals surface area (Å²) in [6, 6.07) is 16.0. The van der Waals surface area contributed by atoms with Gasteiger partial charge in [-0.3, -0.25) is 4.90 Å². The van der Waals surface area contributed by atoms with Gasteiger partial charge in [0.15, 0.2) is 5.76 Å². The van der Waals surface area contributed by atoms with Gasteiger partial charge in [0.2, 0.25) is 10.0 Å². The zero-order valence-electron chi connectivity index (χ0n) is 19.7. The quantitative estimate of drug-likeness (QED) is 0.450. The van der Waals surface area contributed by atoms with Gasteiger partial charge >= 0.3 is 0 Å². The molecule has 1 aliphatic heterocycles. The van der Waals surface area contributed by atoms with Crippen molar-refractivity contribution < 1.29 is 17.7 Å². The van der Waals surface area contributed by atoms with Crippen molar-refractivity contribution in [3.05, 3.63) is 81.7 Å². The van der Waals surface area contributed by atoms with Crippen LogP contribution in [0.1, 0.15) is 34.2 Å². The molecule has 0 radical (unpaired) electrons. The van der Waals surface area contributed by atoms with Crippen LogP contribution in [0.2, 0.25) is 5.02 Å². The number of aryl methyl sites for hydroxylation is 3. The first-order valence-corrected chi connectivity index (χ1v) is 13.1. The Morgan fingerprint density at radius 1 is 1.06 bits per heavy atom. The van der Waals surface area contributed by atoms with E-state index in [9.17, 15) is 8.42 Å². The second-order valence-corrected chi connectivity index (χ2v) is 11.0. The average molecular weight is 504 g/mol. The summed E-state index contributed by atoms with van der Waals surface area (Å²) in [5, 5.41) is 4.48. The van der Waals surface area contributed by atoms with Crippen LogP contribution in [0.25, 0.3) is 0 Å². The highest BCUT2D eigenvalue weighted by Crippen LogP contribution is 2.26. The minimum Gasteiger partial charge on any atom is -0.368 e. The van der Waals surface area contributed by atoms with E-state index in [-0.39, 0.29) is 11.0 Å². The molecule has 0 spiro atoms. The Kier molecular flexibility index (Phi) is 7.74. The zero-order chi connectivity index (χ0) is 24.3. The molecule has 0 unspecified atom stereocenters. The van der Waals surface area contributed by atoms with Gasteiger partial charge in [-0.25, -0.2) is 8.42 Å². The van der Waals surface area contributed by atoms with E-state index in [0.717, 1.165) is 11.1 Å². The third-order valence-electron chi connectivity index (χ3n) is 6.10. The minimum absolute atomic E-state index is 0.163. The number of hydrogen-bond donors (Lipinski definition) is 0. The molecule has 0 saturated carbocycles. The Morgan fingerprint density at radius 2 is 1.76 bits per heavy atom. The molecule has 1 aliphatic rings. The molecule has 2 heterocycles. The number of sulfonamides is 1. The van der Waals surface area contributed by atoms with Crippen LogP contribution in [0.15, 0.2) is 57.9 Å². The molecule has 1 fully saturated rings. The van der Waals surface area contributed by atoms with Gasteiger partial charge in [-0.15, -0.1) is 0 Å². The molecule has 182 valence electrons. The summed E-state index contributed by atoms with van der Waals surface area (Å²) >= 11 is 6.10. The Morgan fingerprint density at radius 3 is 2.38 bits per heavy atom. The van der Waals surface area contributed by atoms with E-state index in [2.05, 4.69) is 35.2 Å². The first kappa shape index (κ1) is 24.9. The molecule has 2 aromatic carbocycles. The van der Waals surface area contributed by atoms with Crippen LogP contribution < -0.4 is 0 Å². The van der Waals surface area contributed by atoms with Crippen molar-refractivity contribution in [3.8, 4) is 0 Å². The van der Waals surface area contributed by atoms with Gasteiger partial charge in [0, 0.05) is 37.7 Å². The van der Waals surface area contributed by atoms with Crippen molar-refractivity contribution in [2.45, 2.75) is 38.4 Å². The summed E-state index contributed by atoms with van der Waals surface area (Å²) in [7, 11) is -3.63. The molecule has 0 N–H and O–H groups in total. The number of rotatable bonds is 8. The monoisotopic (exact) mass is 503 g/mol. The molecule has 7 nitrogen and oxygen atoms in total. The molecule has 0 bridgehead atoms. The molecule has 34 heavy (non-hydrogen) atoms. The van der Waals surface area contributed by atoms with Crippen molar-refractivity contribution in [3.63, 3.8) is 0 Å². The summed E-state index contributed by atoms with van der Waals surface area (Å²) in [5.41, 5.74) is 3.75. The smallest absolute Gasteiger partial charge is 0.248 e. The summed E-state index contributed by atoms with van der Waals surface area (Å²) in [6.07, 6.45) is -0.163. The lowest BCUT2D eigenvalue weighted by atomic mass is 10.1. The number of hydrogen-bond acceptors (Lipinski definition) is 6. The number of ether oxygens (including phenoxy) is 1. The van der Waals surface area contributed by atoms with E-state index in [1.54, 1.807) is 13.8 Å². The Balaban J connectivity index is 1.43. The first-order chi connectivity index (χ1) is 16.2. The summed E-state index contributed by atoms with van der Waals surface area (Å²) in [6.45, 7) is 8.53. The SMILES string of the molecule is Cc1cccc(CO[C@@H](CN2CCN(S(=O)(=O)c3c(C)noc3C)CC2)c2ccc(Cl)cc2)c1. The normalized spacial score (nSPS) is 16.6. The van der Waals surface area contributed by atoms with Crippen molar-refractivity contribution in [2.75, 3.05) is 32.7 Å². The first-order valence-electron chi connectivity index (χ1n) is 11.3. The lowest BCUT2D eigenvalue weighted by Gasteiger charge is -2.35. The van der Waals surface area contributed by atoms with Gasteiger partial charge in [-0.05, 0) is 44.0 Å². The van der Waals surface area contributed by atoms with Crippen LogP contribution in [0.3, 0.4) is 0 Å². The van der Waals surface area contributed by atoms with Crippen molar-refractivity contribution in [1.29, 1.82) is 0 Å². The van der Waals surface area contributed by atoms with Gasteiger partial charge in [-0.2, -0.15) is 4.31 Å². The van der Waals surface area contributed by atoms with Crippen LogP contribution in [0, 0.1) is 20.8 Å². The highest BCUT2D eigenvalue weighted by atomic mass is 35.5. The Hall–Kier alpha value is -2.23. The van der Waals surface area contributed by atoms with Gasteiger partial charge < -0.3 is 9.26 Å². The summed E-state index contributed by atoms with van der Waals surface area (Å²) in [4.78, 5) is 2.43. The maximum Gasteiger partial charge on any atom is 0.248 e. The highest BCUT2D eigenvalue weighted by Gasteiger charge is 2.33. The Bertz CT molecular complexity index is 1200. The predicted octanol–water partition coefficient (Wildman–Crippen LogP) is 4.52. The fraction of sp³-hybridized carbons (Fsp3) is 0.400. The van der Waals surface area contributed by atoms with Crippen LogP contribution in [-0.4, -0.2) is 55.5 Å². The van der Waals surface area contributed by atoms with Gasteiger partial charge in [0.1, 0.15) is 10.6 Å².